The average molecular weight is 933 g/mol. The molecular weight excluding hydrogens is 853 g/mol. The van der Waals surface area contributed by atoms with Crippen LogP contribution in [-0.4, -0.2) is 89.0 Å². The van der Waals surface area contributed by atoms with Crippen LogP contribution in [0.1, 0.15) is 184 Å². The molecule has 67 heavy (non-hydrogen) atoms. The Bertz CT molecular complexity index is 1950. The molecule has 0 spiro atoms. The molecule has 1 aromatic carbocycles. The number of nitrogen functional groups attached to an aromatic ring is 2. The van der Waals surface area contributed by atoms with Gasteiger partial charge in [0, 0.05) is 24.7 Å². The Morgan fingerprint density at radius 2 is 1.10 bits per heavy atom. The Balaban J connectivity index is 1.66. The van der Waals surface area contributed by atoms with E-state index in [-0.39, 0.29) is 30.2 Å². The van der Waals surface area contributed by atoms with Crippen LogP contribution in [0.2, 0.25) is 0 Å². The predicted octanol–water partition coefficient (Wildman–Crippen LogP) is 8.04. The summed E-state index contributed by atoms with van der Waals surface area (Å²) < 4.78 is 10.1. The number of amides is 3. The highest BCUT2D eigenvalue weighted by atomic mass is 16.5. The summed E-state index contributed by atoms with van der Waals surface area (Å²) in [7, 11) is 4.41. The van der Waals surface area contributed by atoms with Gasteiger partial charge in [0.05, 0.1) is 32.7 Å². The zero-order valence-corrected chi connectivity index (χ0v) is 41.0. The lowest BCUT2D eigenvalue weighted by Crippen LogP contribution is -2.52. The number of fused-ring (bicyclic) bond motifs is 1. The average Bonchev–Trinajstić information content (AvgIpc) is 3.32. The molecule has 3 atom stereocenters. The van der Waals surface area contributed by atoms with Crippen molar-refractivity contribution in [2.75, 3.05) is 37.6 Å². The third kappa shape index (κ3) is 21.3. The summed E-state index contributed by atoms with van der Waals surface area (Å²) in [6, 6.07) is 3.79. The number of hydrogen-bond donors (Lipinski definition) is 5. The van der Waals surface area contributed by atoms with Crippen LogP contribution in [0.5, 0.6) is 0 Å². The first-order valence-electron chi connectivity index (χ1n) is 24.8. The topological polar surface area (TPSA) is 247 Å². The Labute approximate surface area is 398 Å². The lowest BCUT2D eigenvalue weighted by atomic mass is 10.0. The van der Waals surface area contributed by atoms with Crippen molar-refractivity contribution in [2.24, 2.45) is 0 Å². The smallest absolute Gasteiger partial charge is 0.328 e. The van der Waals surface area contributed by atoms with E-state index >= 15 is 0 Å². The summed E-state index contributed by atoms with van der Waals surface area (Å²) in [5.74, 6) is -2.63. The van der Waals surface area contributed by atoms with Crippen LogP contribution >= 0.6 is 0 Å². The zero-order chi connectivity index (χ0) is 48.8. The SMILES string of the molecule is CCCCCCCCCCCCC(NC(=O)CCC(NC(=O)c1ccc(N(C)Cc2cnc3nc(N)nc(N)c3n2)cc1)C(=O)NC(CCCCCCCCCCCC)C(=O)OC)C(=O)OC. The van der Waals surface area contributed by atoms with Gasteiger partial charge in [-0.25, -0.2) is 19.6 Å². The number of unbranched alkanes of at least 4 members (excludes halogenated alkanes) is 18. The fourth-order valence-electron chi connectivity index (χ4n) is 8.04. The Hall–Kier alpha value is -5.61. The molecule has 0 aliphatic carbocycles. The van der Waals surface area contributed by atoms with Crippen LogP contribution in [0.4, 0.5) is 17.5 Å². The highest BCUT2D eigenvalue weighted by Crippen LogP contribution is 2.20. The van der Waals surface area contributed by atoms with Gasteiger partial charge in [-0.05, 0) is 43.5 Å². The van der Waals surface area contributed by atoms with Crippen LogP contribution in [0.25, 0.3) is 11.2 Å². The number of esters is 2. The summed E-state index contributed by atoms with van der Waals surface area (Å²) >= 11 is 0. The normalized spacial score (nSPS) is 12.5. The monoisotopic (exact) mass is 933 g/mol. The van der Waals surface area contributed by atoms with Crippen molar-refractivity contribution in [2.45, 2.75) is 193 Å². The number of methoxy groups -OCH3 is 2. The molecule has 7 N–H and O–H groups in total. The number of carbonyl (C=O) groups is 5. The van der Waals surface area contributed by atoms with Gasteiger partial charge in [0.25, 0.3) is 5.91 Å². The fourth-order valence-corrected chi connectivity index (χ4v) is 8.04. The number of nitrogens with one attached hydrogen (secondary N) is 3. The minimum Gasteiger partial charge on any atom is -0.467 e. The van der Waals surface area contributed by atoms with E-state index in [9.17, 15) is 24.0 Å². The molecule has 0 bridgehead atoms. The Morgan fingerprint density at radius 3 is 1.61 bits per heavy atom. The van der Waals surface area contributed by atoms with E-state index in [1.807, 2.05) is 11.9 Å². The summed E-state index contributed by atoms with van der Waals surface area (Å²) in [6.07, 6.45) is 24.6. The number of nitrogens with zero attached hydrogens (tertiary/aromatic N) is 5. The molecule has 17 nitrogen and oxygen atoms in total. The van der Waals surface area contributed by atoms with E-state index in [1.165, 1.54) is 91.3 Å². The second-order valence-corrected chi connectivity index (χ2v) is 17.6. The molecule has 3 rings (SSSR count). The van der Waals surface area contributed by atoms with E-state index in [4.69, 9.17) is 20.9 Å². The number of benzene rings is 1. The van der Waals surface area contributed by atoms with Crippen molar-refractivity contribution in [1.82, 2.24) is 35.9 Å². The largest absolute Gasteiger partial charge is 0.467 e. The lowest BCUT2D eigenvalue weighted by molar-refractivity contribution is -0.145. The molecule has 372 valence electrons. The minimum absolute atomic E-state index is 0.00881. The number of carbonyl (C=O) groups excluding carboxylic acids is 5. The van der Waals surface area contributed by atoms with Crippen molar-refractivity contribution in [3.05, 3.63) is 41.7 Å². The van der Waals surface area contributed by atoms with E-state index < -0.39 is 47.8 Å². The second-order valence-electron chi connectivity index (χ2n) is 17.6. The highest BCUT2D eigenvalue weighted by Gasteiger charge is 2.29. The molecule has 2 heterocycles. The first-order valence-corrected chi connectivity index (χ1v) is 24.8. The molecule has 0 saturated heterocycles. The first kappa shape index (κ1) is 55.7. The van der Waals surface area contributed by atoms with Crippen molar-refractivity contribution in [3.8, 4) is 0 Å². The van der Waals surface area contributed by atoms with Crippen molar-refractivity contribution in [1.29, 1.82) is 0 Å². The molecule has 0 aliphatic heterocycles. The molecule has 3 amide bonds. The van der Waals surface area contributed by atoms with Gasteiger partial charge < -0.3 is 41.8 Å². The van der Waals surface area contributed by atoms with Crippen molar-refractivity contribution < 1.29 is 33.4 Å². The van der Waals surface area contributed by atoms with Gasteiger partial charge in [0.2, 0.25) is 17.8 Å². The first-order chi connectivity index (χ1) is 32.4. The molecule has 3 unspecified atom stereocenters. The third-order valence-corrected chi connectivity index (χ3v) is 12.1. The molecule has 0 saturated carbocycles. The second kappa shape index (κ2) is 32.2. The Kier molecular flexibility index (Phi) is 26.7. The molecule has 2 aromatic heterocycles. The van der Waals surface area contributed by atoms with E-state index in [2.05, 4.69) is 49.7 Å². The highest BCUT2D eigenvalue weighted by molar-refractivity contribution is 5.98. The summed E-state index contributed by atoms with van der Waals surface area (Å²) in [4.78, 5) is 85.6. The maximum absolute atomic E-state index is 14.0. The van der Waals surface area contributed by atoms with Gasteiger partial charge in [-0.3, -0.25) is 14.4 Å². The number of nitrogens with two attached hydrogens (primary N) is 2. The maximum atomic E-state index is 14.0. The molecular formula is C50H80N10O7. The summed E-state index contributed by atoms with van der Waals surface area (Å²) in [5.41, 5.74) is 14.0. The van der Waals surface area contributed by atoms with E-state index in [1.54, 1.807) is 30.5 Å². The third-order valence-electron chi connectivity index (χ3n) is 12.1. The number of anilines is 3. The number of hydrogen-bond acceptors (Lipinski definition) is 14. The van der Waals surface area contributed by atoms with Crippen LogP contribution in [0.15, 0.2) is 30.5 Å². The molecule has 17 heteroatoms. The van der Waals surface area contributed by atoms with Crippen LogP contribution < -0.4 is 32.3 Å². The quantitative estimate of drug-likeness (QED) is 0.0277. The maximum Gasteiger partial charge on any atom is 0.328 e. The standard InChI is InChI=1S/C50H80N10O7/c1-6-8-10-12-14-16-18-20-22-24-26-40(48(64)66-4)55-42(61)33-32-39(47(63)57-41(49(65)67-5)27-25-23-21-19-17-15-13-11-9-7-2)56-46(62)36-28-30-38(31-29-36)60(3)35-37-34-53-45-43(54-37)44(51)58-50(52)59-45/h28-31,34,39-41H,6-27,32-33,35H2,1-5H3,(H,55,61)(H,56,62)(H,57,63)(H4,51,52,53,58,59). The van der Waals surface area contributed by atoms with Gasteiger partial charge in [-0.1, -0.05) is 142 Å². The van der Waals surface area contributed by atoms with E-state index in [0.29, 0.717) is 42.7 Å². The van der Waals surface area contributed by atoms with Gasteiger partial charge >= 0.3 is 11.9 Å². The van der Waals surface area contributed by atoms with Crippen molar-refractivity contribution in [3.63, 3.8) is 0 Å². The van der Waals surface area contributed by atoms with Crippen LogP contribution in [-0.2, 0) is 35.2 Å². The molecule has 0 aliphatic rings. The number of rotatable bonds is 35. The van der Waals surface area contributed by atoms with Gasteiger partial charge in [0.1, 0.15) is 18.1 Å². The molecule has 0 fully saturated rings. The van der Waals surface area contributed by atoms with Gasteiger partial charge in [0.15, 0.2) is 17.0 Å². The Morgan fingerprint density at radius 1 is 0.612 bits per heavy atom. The van der Waals surface area contributed by atoms with E-state index in [0.717, 1.165) is 50.6 Å². The molecule has 0 radical (unpaired) electrons. The lowest BCUT2D eigenvalue weighted by Gasteiger charge is -2.23. The van der Waals surface area contributed by atoms with Crippen molar-refractivity contribution >= 4 is 58.3 Å². The number of ether oxygens (including phenoxy) is 2. The summed E-state index contributed by atoms with van der Waals surface area (Å²) in [5, 5.41) is 8.39. The van der Waals surface area contributed by atoms with Gasteiger partial charge in [-0.15, -0.1) is 0 Å². The zero-order valence-electron chi connectivity index (χ0n) is 41.0. The number of aromatic nitrogens is 4. The molecule has 3 aromatic rings. The minimum atomic E-state index is -1.20. The fraction of sp³-hybridized carbons (Fsp3) is 0.660. The summed E-state index contributed by atoms with van der Waals surface area (Å²) in [6.45, 7) is 4.77. The predicted molar refractivity (Wildman–Crippen MR) is 264 cm³/mol. The van der Waals surface area contributed by atoms with Crippen LogP contribution in [0.3, 0.4) is 0 Å². The van der Waals surface area contributed by atoms with Crippen LogP contribution in [0, 0.1) is 0 Å². The van der Waals surface area contributed by atoms with Gasteiger partial charge in [-0.2, -0.15) is 9.97 Å².